The van der Waals surface area contributed by atoms with Crippen LogP contribution < -0.4 is 0 Å². The molecular formula is C17H32O3. The first-order valence-corrected chi connectivity index (χ1v) is 7.96. The van der Waals surface area contributed by atoms with Crippen molar-refractivity contribution >= 4 is 5.97 Å². The number of carbonyl (C=O) groups is 1. The van der Waals surface area contributed by atoms with Gasteiger partial charge in [0.05, 0.1) is 19.3 Å². The summed E-state index contributed by atoms with van der Waals surface area (Å²) >= 11 is 0. The lowest BCUT2D eigenvalue weighted by atomic mass is 9.92. The van der Waals surface area contributed by atoms with Crippen molar-refractivity contribution in [3.8, 4) is 0 Å². The molecule has 0 N–H and O–H groups in total. The van der Waals surface area contributed by atoms with Crippen molar-refractivity contribution in [1.29, 1.82) is 0 Å². The van der Waals surface area contributed by atoms with E-state index in [4.69, 9.17) is 4.74 Å². The van der Waals surface area contributed by atoms with Gasteiger partial charge in [0, 0.05) is 6.08 Å². The van der Waals surface area contributed by atoms with Crippen LogP contribution in [0.4, 0.5) is 0 Å². The quantitative estimate of drug-likeness (QED) is 0.297. The molecule has 0 saturated heterocycles. The molecule has 0 heterocycles. The average molecular weight is 284 g/mol. The second-order valence-electron chi connectivity index (χ2n) is 5.60. The van der Waals surface area contributed by atoms with Crippen molar-refractivity contribution in [1.82, 2.24) is 0 Å². The molecule has 0 bridgehead atoms. The summed E-state index contributed by atoms with van der Waals surface area (Å²) in [5.74, 6) is -0.327. The van der Waals surface area contributed by atoms with E-state index >= 15 is 0 Å². The molecule has 1 atom stereocenters. The molecule has 1 unspecified atom stereocenters. The number of carbonyl (C=O) groups excluding carboxylic acids is 1. The van der Waals surface area contributed by atoms with Crippen molar-refractivity contribution < 1.29 is 14.3 Å². The molecule has 0 amide bonds. The monoisotopic (exact) mass is 284 g/mol. The van der Waals surface area contributed by atoms with E-state index in [2.05, 4.69) is 25.5 Å². The van der Waals surface area contributed by atoms with Crippen LogP contribution in [0.25, 0.3) is 0 Å². The van der Waals surface area contributed by atoms with Gasteiger partial charge in [-0.25, -0.2) is 4.79 Å². The molecule has 0 aromatic heterocycles. The van der Waals surface area contributed by atoms with Crippen molar-refractivity contribution in [2.24, 2.45) is 0 Å². The molecule has 3 heteroatoms. The van der Waals surface area contributed by atoms with Gasteiger partial charge in [-0.3, -0.25) is 0 Å². The summed E-state index contributed by atoms with van der Waals surface area (Å²) in [4.78, 5) is 11.0. The van der Waals surface area contributed by atoms with Gasteiger partial charge in [-0.05, 0) is 19.8 Å². The van der Waals surface area contributed by atoms with Gasteiger partial charge in [-0.2, -0.15) is 0 Å². The van der Waals surface area contributed by atoms with E-state index in [1.54, 1.807) is 6.08 Å². The minimum atomic E-state index is -0.327. The maximum Gasteiger partial charge on any atom is 0.330 e. The Kier molecular flexibility index (Phi) is 11.5. The Bertz CT molecular complexity index is 273. The van der Waals surface area contributed by atoms with E-state index in [-0.39, 0.29) is 11.6 Å². The second kappa shape index (κ2) is 12.0. The highest BCUT2D eigenvalue weighted by Gasteiger charge is 2.23. The summed E-state index contributed by atoms with van der Waals surface area (Å²) in [7, 11) is 1.38. The van der Waals surface area contributed by atoms with Crippen LogP contribution in [0.5, 0.6) is 0 Å². The van der Waals surface area contributed by atoms with Gasteiger partial charge in [-0.15, -0.1) is 0 Å². The standard InChI is InChI=1S/C17H32O3/c1-5-7-9-10-14-17(3,13-8-6-2)20-15-11-12-16(18)19-4/h11-12H,5-10,13-15H2,1-4H3/b12-11+. The van der Waals surface area contributed by atoms with Gasteiger partial charge in [0.15, 0.2) is 0 Å². The second-order valence-corrected chi connectivity index (χ2v) is 5.60. The third kappa shape index (κ3) is 10.0. The maximum absolute atomic E-state index is 11.0. The average Bonchev–Trinajstić information content (AvgIpc) is 2.46. The Hall–Kier alpha value is -0.830. The summed E-state index contributed by atoms with van der Waals surface area (Å²) in [6.07, 6.45) is 12.8. The molecule has 0 radical (unpaired) electrons. The SMILES string of the molecule is CCCCCCC(C)(CCCC)OC/C=C/C(=O)OC. The van der Waals surface area contributed by atoms with Gasteiger partial charge in [0.2, 0.25) is 0 Å². The highest BCUT2D eigenvalue weighted by Crippen LogP contribution is 2.26. The topological polar surface area (TPSA) is 35.5 Å². The fourth-order valence-electron chi connectivity index (χ4n) is 2.21. The zero-order chi connectivity index (χ0) is 15.3. The fourth-order valence-corrected chi connectivity index (χ4v) is 2.21. The van der Waals surface area contributed by atoms with Crippen molar-refractivity contribution in [2.45, 2.75) is 77.7 Å². The first kappa shape index (κ1) is 19.2. The van der Waals surface area contributed by atoms with Crippen LogP contribution >= 0.6 is 0 Å². The highest BCUT2D eigenvalue weighted by molar-refractivity contribution is 5.81. The molecule has 0 aliphatic heterocycles. The van der Waals surface area contributed by atoms with Crippen LogP contribution in [0.15, 0.2) is 12.2 Å². The molecule has 0 aromatic rings. The summed E-state index contributed by atoms with van der Waals surface area (Å²) in [6, 6.07) is 0. The van der Waals surface area contributed by atoms with Crippen molar-refractivity contribution in [2.75, 3.05) is 13.7 Å². The molecule has 0 fully saturated rings. The number of methoxy groups -OCH3 is 1. The molecule has 3 nitrogen and oxygen atoms in total. The number of rotatable bonds is 12. The smallest absolute Gasteiger partial charge is 0.330 e. The summed E-state index contributed by atoms with van der Waals surface area (Å²) < 4.78 is 10.6. The summed E-state index contributed by atoms with van der Waals surface area (Å²) in [5.41, 5.74) is -0.0653. The Morgan fingerprint density at radius 2 is 1.70 bits per heavy atom. The molecule has 0 aliphatic carbocycles. The number of hydrogen-bond donors (Lipinski definition) is 0. The van der Waals surface area contributed by atoms with E-state index in [0.717, 1.165) is 12.8 Å². The zero-order valence-electron chi connectivity index (χ0n) is 13.7. The molecular weight excluding hydrogens is 252 g/mol. The van der Waals surface area contributed by atoms with Crippen LogP contribution in [0.2, 0.25) is 0 Å². The molecule has 118 valence electrons. The number of unbranched alkanes of at least 4 members (excludes halogenated alkanes) is 4. The molecule has 0 spiro atoms. The number of ether oxygens (including phenoxy) is 2. The largest absolute Gasteiger partial charge is 0.466 e. The lowest BCUT2D eigenvalue weighted by Gasteiger charge is -2.29. The van der Waals surface area contributed by atoms with Crippen LogP contribution in [0.3, 0.4) is 0 Å². The predicted octanol–water partition coefficient (Wildman–Crippen LogP) is 4.65. The normalized spacial score (nSPS) is 14.4. The van der Waals surface area contributed by atoms with Gasteiger partial charge < -0.3 is 9.47 Å². The Labute approximate surface area is 124 Å². The summed E-state index contributed by atoms with van der Waals surface area (Å²) in [5, 5.41) is 0. The first-order chi connectivity index (χ1) is 9.58. The predicted molar refractivity (Wildman–Crippen MR) is 83.8 cm³/mol. The van der Waals surface area contributed by atoms with Crippen LogP contribution in [-0.4, -0.2) is 25.3 Å². The van der Waals surface area contributed by atoms with Gasteiger partial charge in [0.1, 0.15) is 0 Å². The van der Waals surface area contributed by atoms with E-state index < -0.39 is 0 Å². The van der Waals surface area contributed by atoms with E-state index in [9.17, 15) is 4.79 Å². The van der Waals surface area contributed by atoms with Crippen LogP contribution in [-0.2, 0) is 14.3 Å². The third-order valence-corrected chi connectivity index (χ3v) is 3.60. The van der Waals surface area contributed by atoms with Crippen molar-refractivity contribution in [3.63, 3.8) is 0 Å². The third-order valence-electron chi connectivity index (χ3n) is 3.60. The van der Waals surface area contributed by atoms with Crippen LogP contribution in [0, 0.1) is 0 Å². The van der Waals surface area contributed by atoms with E-state index in [1.165, 1.54) is 51.7 Å². The number of esters is 1. The lowest BCUT2D eigenvalue weighted by Crippen LogP contribution is -2.29. The van der Waals surface area contributed by atoms with Gasteiger partial charge >= 0.3 is 5.97 Å². The Morgan fingerprint density at radius 1 is 1.05 bits per heavy atom. The number of hydrogen-bond acceptors (Lipinski definition) is 3. The van der Waals surface area contributed by atoms with Gasteiger partial charge in [-0.1, -0.05) is 58.4 Å². The Morgan fingerprint density at radius 3 is 2.30 bits per heavy atom. The highest BCUT2D eigenvalue weighted by atomic mass is 16.5. The Balaban J connectivity index is 4.16. The summed E-state index contributed by atoms with van der Waals surface area (Å²) in [6.45, 7) is 7.10. The minimum absolute atomic E-state index is 0.0653. The maximum atomic E-state index is 11.0. The molecule has 0 aromatic carbocycles. The van der Waals surface area contributed by atoms with Crippen LogP contribution in [0.1, 0.15) is 72.1 Å². The zero-order valence-corrected chi connectivity index (χ0v) is 13.7. The molecule has 0 saturated carbocycles. The van der Waals surface area contributed by atoms with E-state index in [0.29, 0.717) is 6.61 Å². The molecule has 0 rings (SSSR count). The first-order valence-electron chi connectivity index (χ1n) is 7.96. The lowest BCUT2D eigenvalue weighted by molar-refractivity contribution is -0.134. The van der Waals surface area contributed by atoms with E-state index in [1.807, 2.05) is 0 Å². The minimum Gasteiger partial charge on any atom is -0.466 e. The molecule has 20 heavy (non-hydrogen) atoms. The van der Waals surface area contributed by atoms with Crippen molar-refractivity contribution in [3.05, 3.63) is 12.2 Å². The fraction of sp³-hybridized carbons (Fsp3) is 0.824. The molecule has 0 aliphatic rings. The van der Waals surface area contributed by atoms with Gasteiger partial charge in [0.25, 0.3) is 0 Å².